The molecule has 0 radical (unpaired) electrons. The van der Waals surface area contributed by atoms with Crippen LogP contribution in [-0.2, 0) is 0 Å². The van der Waals surface area contributed by atoms with Crippen LogP contribution in [0.1, 0.15) is 18.2 Å². The molecule has 0 bridgehead atoms. The van der Waals surface area contributed by atoms with Crippen LogP contribution in [0.2, 0.25) is 0 Å². The fourth-order valence-corrected chi connectivity index (χ4v) is 4.70. The number of H-pyrrole nitrogens is 2. The zero-order valence-electron chi connectivity index (χ0n) is 18.0. The molecule has 0 spiro atoms. The van der Waals surface area contributed by atoms with E-state index in [1.165, 1.54) is 21.9 Å². The Morgan fingerprint density at radius 3 is 2.24 bits per heavy atom. The molecule has 3 heterocycles. The number of rotatable bonds is 4. The molecular weight excluding hydrogens is 406 g/mol. The van der Waals surface area contributed by atoms with Crippen molar-refractivity contribution in [2.24, 2.45) is 5.92 Å². The van der Waals surface area contributed by atoms with Gasteiger partial charge in [0.25, 0.3) is 0 Å². The number of nitrogens with one attached hydrogen (secondary N) is 3. The number of aromatic amines is 2. The highest BCUT2D eigenvalue weighted by Crippen LogP contribution is 2.31. The molecule has 3 N–H and O–H groups in total. The maximum Gasteiger partial charge on any atom is 0.0924 e. The summed E-state index contributed by atoms with van der Waals surface area (Å²) in [6, 6.07) is 28.6. The Bertz CT molecular complexity index is 1450. The van der Waals surface area contributed by atoms with Gasteiger partial charge in [-0.15, -0.1) is 0 Å². The minimum Gasteiger partial charge on any atom is -0.357 e. The van der Waals surface area contributed by atoms with Crippen molar-refractivity contribution in [3.8, 4) is 39.7 Å². The van der Waals surface area contributed by atoms with Gasteiger partial charge in [0.05, 0.1) is 30.2 Å². The van der Waals surface area contributed by atoms with Crippen molar-refractivity contribution in [1.82, 2.24) is 20.3 Å². The predicted octanol–water partition coefficient (Wildman–Crippen LogP) is 6.07. The first-order valence-electron chi connectivity index (χ1n) is 11.2. The van der Waals surface area contributed by atoms with Crippen LogP contribution >= 0.6 is 0 Å². The van der Waals surface area contributed by atoms with Crippen molar-refractivity contribution in [3.05, 3.63) is 91.0 Å². The first-order chi connectivity index (χ1) is 16.3. The average Bonchev–Trinajstić information content (AvgIpc) is 3.65. The van der Waals surface area contributed by atoms with E-state index in [-0.39, 0.29) is 12.0 Å². The summed E-state index contributed by atoms with van der Waals surface area (Å²) in [7, 11) is 0. The molecule has 1 aliphatic heterocycles. The summed E-state index contributed by atoms with van der Waals surface area (Å²) in [5.74, 6) is 0.0973. The van der Waals surface area contributed by atoms with Gasteiger partial charge in [0, 0.05) is 29.5 Å². The van der Waals surface area contributed by atoms with Gasteiger partial charge in [0.15, 0.2) is 0 Å². The Kier molecular flexibility index (Phi) is 4.79. The third-order valence-electron chi connectivity index (χ3n) is 6.58. The number of nitriles is 1. The molecule has 5 nitrogen and oxygen atoms in total. The van der Waals surface area contributed by atoms with Gasteiger partial charge in [-0.1, -0.05) is 48.5 Å². The lowest BCUT2D eigenvalue weighted by Crippen LogP contribution is -2.13. The molecule has 0 amide bonds. The molecule has 5 heteroatoms. The Morgan fingerprint density at radius 1 is 0.788 bits per heavy atom. The standard InChI is InChI=1S/C28H23N5/c29-14-18-11-27(31-15-18)26-10-9-25(33-26)20-3-1-19(2-4-20)21-5-6-23-13-24(8-7-22(23)12-21)28-16-30-17-32-28/h1-10,12-13,16-18,27,31,33H,11,15H2,(H,30,32). The van der Waals surface area contributed by atoms with Crippen LogP contribution in [0.3, 0.4) is 0 Å². The van der Waals surface area contributed by atoms with Crippen LogP contribution in [-0.4, -0.2) is 21.5 Å². The van der Waals surface area contributed by atoms with E-state index < -0.39 is 0 Å². The Labute approximate surface area is 192 Å². The average molecular weight is 430 g/mol. The molecule has 1 fully saturated rings. The first kappa shape index (κ1) is 19.5. The van der Waals surface area contributed by atoms with Crippen molar-refractivity contribution < 1.29 is 0 Å². The highest BCUT2D eigenvalue weighted by atomic mass is 15.0. The third kappa shape index (κ3) is 3.71. The molecular formula is C28H23N5. The van der Waals surface area contributed by atoms with Crippen LogP contribution < -0.4 is 5.32 Å². The molecule has 1 saturated heterocycles. The molecule has 1 aliphatic rings. The van der Waals surface area contributed by atoms with Crippen molar-refractivity contribution >= 4 is 10.8 Å². The minimum absolute atomic E-state index is 0.0973. The van der Waals surface area contributed by atoms with E-state index in [1.54, 1.807) is 6.33 Å². The van der Waals surface area contributed by atoms with E-state index >= 15 is 0 Å². The van der Waals surface area contributed by atoms with Gasteiger partial charge in [-0.05, 0) is 58.1 Å². The maximum absolute atomic E-state index is 9.14. The van der Waals surface area contributed by atoms with E-state index in [9.17, 15) is 0 Å². The lowest BCUT2D eigenvalue weighted by atomic mass is 9.98. The van der Waals surface area contributed by atoms with Gasteiger partial charge < -0.3 is 15.3 Å². The number of hydrogen-bond donors (Lipinski definition) is 3. The van der Waals surface area contributed by atoms with Gasteiger partial charge in [0.2, 0.25) is 0 Å². The molecule has 3 aromatic carbocycles. The van der Waals surface area contributed by atoms with Gasteiger partial charge >= 0.3 is 0 Å². The SMILES string of the molecule is N#CC1CNC(c2ccc(-c3ccc(-c4ccc5cc(-c6cnc[nH]6)ccc5c4)cc3)[nH]2)C1. The molecule has 160 valence electrons. The summed E-state index contributed by atoms with van der Waals surface area (Å²) in [6.45, 7) is 0.764. The van der Waals surface area contributed by atoms with Gasteiger partial charge in [-0.2, -0.15) is 5.26 Å². The monoisotopic (exact) mass is 429 g/mol. The number of hydrogen-bond acceptors (Lipinski definition) is 3. The summed E-state index contributed by atoms with van der Waals surface area (Å²) in [6.07, 6.45) is 4.41. The Hall–Kier alpha value is -4.14. The predicted molar refractivity (Wildman–Crippen MR) is 131 cm³/mol. The molecule has 33 heavy (non-hydrogen) atoms. The van der Waals surface area contributed by atoms with E-state index in [4.69, 9.17) is 5.26 Å². The second-order valence-corrected chi connectivity index (χ2v) is 8.67. The lowest BCUT2D eigenvalue weighted by molar-refractivity contribution is 0.624. The normalized spacial score (nSPS) is 17.9. The number of imidazole rings is 1. The number of fused-ring (bicyclic) bond motifs is 1. The molecule has 0 aliphatic carbocycles. The van der Waals surface area contributed by atoms with Crippen LogP contribution in [0.15, 0.2) is 85.3 Å². The maximum atomic E-state index is 9.14. The van der Waals surface area contributed by atoms with Crippen molar-refractivity contribution in [1.29, 1.82) is 5.26 Å². The quantitative estimate of drug-likeness (QED) is 0.324. The summed E-state index contributed by atoms with van der Waals surface area (Å²) >= 11 is 0. The first-order valence-corrected chi connectivity index (χ1v) is 11.2. The molecule has 6 rings (SSSR count). The van der Waals surface area contributed by atoms with E-state index in [0.717, 1.165) is 41.2 Å². The summed E-state index contributed by atoms with van der Waals surface area (Å²) in [5.41, 5.74) is 7.97. The molecule has 2 unspecified atom stereocenters. The van der Waals surface area contributed by atoms with Gasteiger partial charge in [0.1, 0.15) is 0 Å². The van der Waals surface area contributed by atoms with Crippen molar-refractivity contribution in [2.75, 3.05) is 6.54 Å². The number of aromatic nitrogens is 3. The van der Waals surface area contributed by atoms with E-state index in [1.807, 2.05) is 6.20 Å². The fraction of sp³-hybridized carbons (Fsp3) is 0.143. The largest absolute Gasteiger partial charge is 0.357 e. The van der Waals surface area contributed by atoms with Crippen LogP contribution in [0, 0.1) is 17.2 Å². The Balaban J connectivity index is 1.23. The smallest absolute Gasteiger partial charge is 0.0924 e. The zero-order valence-corrected chi connectivity index (χ0v) is 18.0. The van der Waals surface area contributed by atoms with Crippen LogP contribution in [0.25, 0.3) is 44.4 Å². The summed E-state index contributed by atoms with van der Waals surface area (Å²) in [5, 5.41) is 15.0. The van der Waals surface area contributed by atoms with E-state index in [2.05, 4.69) is 99.1 Å². The molecule has 2 aromatic heterocycles. The second-order valence-electron chi connectivity index (χ2n) is 8.67. The lowest BCUT2D eigenvalue weighted by Gasteiger charge is -2.08. The Morgan fingerprint density at radius 2 is 1.52 bits per heavy atom. The van der Waals surface area contributed by atoms with Gasteiger partial charge in [-0.3, -0.25) is 0 Å². The van der Waals surface area contributed by atoms with Gasteiger partial charge in [-0.25, -0.2) is 4.98 Å². The van der Waals surface area contributed by atoms with Crippen LogP contribution in [0.5, 0.6) is 0 Å². The summed E-state index contributed by atoms with van der Waals surface area (Å²) in [4.78, 5) is 10.8. The molecule has 2 atom stereocenters. The highest BCUT2D eigenvalue weighted by Gasteiger charge is 2.25. The number of nitrogens with zero attached hydrogens (tertiary/aromatic N) is 2. The fourth-order valence-electron chi connectivity index (χ4n) is 4.70. The molecule has 0 saturated carbocycles. The highest BCUT2D eigenvalue weighted by molar-refractivity contribution is 5.90. The van der Waals surface area contributed by atoms with Crippen molar-refractivity contribution in [3.63, 3.8) is 0 Å². The number of benzene rings is 3. The minimum atomic E-state index is 0.0973. The summed E-state index contributed by atoms with van der Waals surface area (Å²) < 4.78 is 0. The zero-order chi connectivity index (χ0) is 22.2. The molecule has 5 aromatic rings. The van der Waals surface area contributed by atoms with E-state index in [0.29, 0.717) is 0 Å². The second kappa shape index (κ2) is 8.09. The van der Waals surface area contributed by atoms with Crippen molar-refractivity contribution in [2.45, 2.75) is 12.5 Å². The topological polar surface area (TPSA) is 80.3 Å². The third-order valence-corrected chi connectivity index (χ3v) is 6.58. The van der Waals surface area contributed by atoms with Crippen LogP contribution in [0.4, 0.5) is 0 Å².